The monoisotopic (exact) mass is 264 g/mol. The van der Waals surface area contributed by atoms with Crippen LogP contribution >= 0.6 is 0 Å². The highest BCUT2D eigenvalue weighted by Crippen LogP contribution is 2.23. The topological polar surface area (TPSA) is 85.2 Å². The van der Waals surface area contributed by atoms with Gasteiger partial charge in [-0.2, -0.15) is 5.26 Å². The Balaban J connectivity index is 3.08. The van der Waals surface area contributed by atoms with E-state index in [1.54, 1.807) is 13.8 Å². The van der Waals surface area contributed by atoms with Gasteiger partial charge in [0, 0.05) is 12.2 Å². The molecule has 0 aromatic rings. The first kappa shape index (κ1) is 15.0. The Morgan fingerprint density at radius 2 is 2.21 bits per heavy atom. The molecular formula is C13H20N4O2. The number of unbranched alkanes of at least 4 members (excludes halogenated alkanes) is 1. The van der Waals surface area contributed by atoms with E-state index in [1.807, 2.05) is 6.92 Å². The number of carbonyl (C=O) groups is 2. The van der Waals surface area contributed by atoms with Crippen LogP contribution in [0.3, 0.4) is 0 Å². The summed E-state index contributed by atoms with van der Waals surface area (Å²) in [5, 5.41) is 14.4. The fourth-order valence-electron chi connectivity index (χ4n) is 2.11. The molecule has 0 aromatic carbocycles. The van der Waals surface area contributed by atoms with Crippen LogP contribution in [0, 0.1) is 11.3 Å². The Hall–Kier alpha value is -2.03. The number of urea groups is 2. The normalized spacial score (nSPS) is 18.9. The molecule has 0 bridgehead atoms. The number of hydrogen-bond donors (Lipinski definition) is 2. The first-order chi connectivity index (χ1) is 9.06. The van der Waals surface area contributed by atoms with Crippen LogP contribution in [0.5, 0.6) is 0 Å². The fraction of sp³-hybridized carbons (Fsp3) is 0.615. The average Bonchev–Trinajstić information content (AvgIpc) is 2.36. The van der Waals surface area contributed by atoms with E-state index in [0.29, 0.717) is 24.2 Å². The Kier molecular flexibility index (Phi) is 5.37. The van der Waals surface area contributed by atoms with Crippen LogP contribution in [0.15, 0.2) is 11.3 Å². The van der Waals surface area contributed by atoms with Crippen molar-refractivity contribution in [2.75, 3.05) is 6.54 Å². The molecule has 4 amide bonds. The van der Waals surface area contributed by atoms with E-state index in [9.17, 15) is 14.9 Å². The molecule has 0 saturated heterocycles. The maximum absolute atomic E-state index is 12.0. The van der Waals surface area contributed by atoms with Gasteiger partial charge < -0.3 is 10.6 Å². The minimum atomic E-state index is -0.469. The smallest absolute Gasteiger partial charge is 0.330 e. The summed E-state index contributed by atoms with van der Waals surface area (Å²) in [4.78, 5) is 25.1. The molecule has 0 aliphatic carbocycles. The lowest BCUT2D eigenvalue weighted by Gasteiger charge is -2.34. The van der Waals surface area contributed by atoms with Crippen LogP contribution < -0.4 is 10.6 Å². The lowest BCUT2D eigenvalue weighted by molar-refractivity contribution is 0.170. The van der Waals surface area contributed by atoms with E-state index in [4.69, 9.17) is 0 Å². The van der Waals surface area contributed by atoms with E-state index in [1.165, 1.54) is 0 Å². The molecule has 6 nitrogen and oxygen atoms in total. The molecule has 1 unspecified atom stereocenters. The van der Waals surface area contributed by atoms with E-state index in [2.05, 4.69) is 16.7 Å². The lowest BCUT2D eigenvalue weighted by Crippen LogP contribution is -2.56. The van der Waals surface area contributed by atoms with E-state index < -0.39 is 18.1 Å². The number of carbonyl (C=O) groups excluding carboxylic acids is 2. The van der Waals surface area contributed by atoms with Crippen molar-refractivity contribution in [2.24, 2.45) is 0 Å². The molecule has 0 radical (unpaired) electrons. The molecule has 104 valence electrons. The first-order valence-corrected chi connectivity index (χ1v) is 6.55. The summed E-state index contributed by atoms with van der Waals surface area (Å²) in [6.45, 7) is 5.94. The van der Waals surface area contributed by atoms with Gasteiger partial charge in [-0.1, -0.05) is 19.8 Å². The van der Waals surface area contributed by atoms with Crippen molar-refractivity contribution < 1.29 is 9.59 Å². The fourth-order valence-corrected chi connectivity index (χ4v) is 2.11. The van der Waals surface area contributed by atoms with E-state index >= 15 is 0 Å². The van der Waals surface area contributed by atoms with Crippen molar-refractivity contribution in [3.05, 3.63) is 11.3 Å². The minimum absolute atomic E-state index is 0.438. The molecular weight excluding hydrogens is 244 g/mol. The molecule has 1 heterocycles. The van der Waals surface area contributed by atoms with Gasteiger partial charge in [0.1, 0.15) is 0 Å². The highest BCUT2D eigenvalue weighted by Gasteiger charge is 2.36. The zero-order valence-electron chi connectivity index (χ0n) is 11.6. The maximum atomic E-state index is 12.0. The second kappa shape index (κ2) is 6.78. The third kappa shape index (κ3) is 3.25. The number of nitriles is 1. The highest BCUT2D eigenvalue weighted by atomic mass is 16.2. The van der Waals surface area contributed by atoms with Gasteiger partial charge in [-0.25, -0.2) is 14.5 Å². The van der Waals surface area contributed by atoms with Crippen LogP contribution in [0.4, 0.5) is 9.59 Å². The number of allylic oxidation sites excluding steroid dienone is 1. The van der Waals surface area contributed by atoms with Gasteiger partial charge in [-0.15, -0.1) is 0 Å². The van der Waals surface area contributed by atoms with Crippen molar-refractivity contribution in [2.45, 2.75) is 46.1 Å². The summed E-state index contributed by atoms with van der Waals surface area (Å²) in [5.41, 5.74) is 0.994. The summed E-state index contributed by atoms with van der Waals surface area (Å²) >= 11 is 0. The van der Waals surface area contributed by atoms with Crippen molar-refractivity contribution in [1.29, 1.82) is 5.26 Å². The van der Waals surface area contributed by atoms with Crippen molar-refractivity contribution >= 4 is 12.1 Å². The highest BCUT2D eigenvalue weighted by molar-refractivity contribution is 5.96. The number of hydrogen-bond acceptors (Lipinski definition) is 3. The Labute approximate surface area is 113 Å². The van der Waals surface area contributed by atoms with Crippen LogP contribution in [0.25, 0.3) is 0 Å². The zero-order valence-corrected chi connectivity index (χ0v) is 11.6. The number of nitrogens with one attached hydrogen (secondary N) is 2. The van der Waals surface area contributed by atoms with Crippen LogP contribution in [-0.2, 0) is 0 Å². The predicted octanol–water partition coefficient (Wildman–Crippen LogP) is 2.10. The molecule has 1 atom stereocenters. The third-order valence-corrected chi connectivity index (χ3v) is 3.06. The predicted molar refractivity (Wildman–Crippen MR) is 71.1 cm³/mol. The van der Waals surface area contributed by atoms with Crippen LogP contribution in [-0.4, -0.2) is 29.5 Å². The second-order valence-corrected chi connectivity index (χ2v) is 4.44. The van der Waals surface area contributed by atoms with Gasteiger partial charge in [0.25, 0.3) is 0 Å². The molecule has 19 heavy (non-hydrogen) atoms. The third-order valence-electron chi connectivity index (χ3n) is 3.06. The number of amides is 4. The number of imide groups is 1. The van der Waals surface area contributed by atoms with Gasteiger partial charge in [-0.05, 0) is 20.3 Å². The summed E-state index contributed by atoms with van der Waals surface area (Å²) in [7, 11) is 0. The van der Waals surface area contributed by atoms with Crippen molar-refractivity contribution in [3.8, 4) is 6.07 Å². The van der Waals surface area contributed by atoms with Crippen LogP contribution in [0.1, 0.15) is 40.0 Å². The molecule has 1 aliphatic rings. The average molecular weight is 264 g/mol. The maximum Gasteiger partial charge on any atom is 0.330 e. The quantitative estimate of drug-likeness (QED) is 0.815. The number of rotatable bonds is 4. The van der Waals surface area contributed by atoms with Gasteiger partial charge in [0.2, 0.25) is 0 Å². The van der Waals surface area contributed by atoms with Gasteiger partial charge in [-0.3, -0.25) is 0 Å². The Morgan fingerprint density at radius 1 is 1.53 bits per heavy atom. The van der Waals surface area contributed by atoms with Gasteiger partial charge >= 0.3 is 12.1 Å². The standard InChI is InChI=1S/C13H20N4O2/c1-4-6-7-11-10(8-14)9(3)16-13(19)17(11)12(18)15-5-2/h11H,4-7H2,1-3H3,(H,15,18)(H,16,19). The summed E-state index contributed by atoms with van der Waals surface area (Å²) in [6.07, 6.45) is 2.41. The molecule has 0 aromatic heterocycles. The Bertz CT molecular complexity index is 436. The lowest BCUT2D eigenvalue weighted by atomic mass is 9.97. The molecule has 0 fully saturated rings. The van der Waals surface area contributed by atoms with Crippen molar-refractivity contribution in [1.82, 2.24) is 15.5 Å². The van der Waals surface area contributed by atoms with Gasteiger partial charge in [0.15, 0.2) is 0 Å². The number of nitrogens with zero attached hydrogens (tertiary/aromatic N) is 2. The molecule has 0 spiro atoms. The van der Waals surface area contributed by atoms with Gasteiger partial charge in [0.05, 0.1) is 17.7 Å². The van der Waals surface area contributed by atoms with Crippen molar-refractivity contribution in [3.63, 3.8) is 0 Å². The second-order valence-electron chi connectivity index (χ2n) is 4.44. The molecule has 6 heteroatoms. The molecule has 0 saturated carbocycles. The SMILES string of the molecule is CCCCC1C(C#N)=C(C)NC(=O)N1C(=O)NCC. The minimum Gasteiger partial charge on any atom is -0.338 e. The first-order valence-electron chi connectivity index (χ1n) is 6.55. The van der Waals surface area contributed by atoms with Crippen LogP contribution in [0.2, 0.25) is 0 Å². The zero-order chi connectivity index (χ0) is 14.4. The largest absolute Gasteiger partial charge is 0.338 e. The summed E-state index contributed by atoms with van der Waals surface area (Å²) in [5.74, 6) is 0. The summed E-state index contributed by atoms with van der Waals surface area (Å²) < 4.78 is 0. The molecule has 1 rings (SSSR count). The molecule has 1 aliphatic heterocycles. The van der Waals surface area contributed by atoms with E-state index in [0.717, 1.165) is 17.7 Å². The Morgan fingerprint density at radius 3 is 2.74 bits per heavy atom. The van der Waals surface area contributed by atoms with E-state index in [-0.39, 0.29) is 0 Å². The summed E-state index contributed by atoms with van der Waals surface area (Å²) in [6, 6.07) is 0.710. The molecule has 2 N–H and O–H groups in total.